The minimum absolute atomic E-state index is 0.0623. The van der Waals surface area contributed by atoms with E-state index in [9.17, 15) is 5.11 Å². The largest absolute Gasteiger partial charge is 0.507 e. The van der Waals surface area contributed by atoms with Gasteiger partial charge in [-0.3, -0.25) is 0 Å². The summed E-state index contributed by atoms with van der Waals surface area (Å²) < 4.78 is 16.7. The zero-order valence-electron chi connectivity index (χ0n) is 18.3. The molecule has 0 amide bonds. The molecular weight excluding hydrogens is 352 g/mol. The average Bonchev–Trinajstić information content (AvgIpc) is 3.05. The fraction of sp³-hybridized carbons (Fsp3) is 0.500. The van der Waals surface area contributed by atoms with Gasteiger partial charge in [-0.15, -0.1) is 0 Å². The predicted octanol–water partition coefficient (Wildman–Crippen LogP) is 5.88. The van der Waals surface area contributed by atoms with Crippen molar-refractivity contribution in [2.45, 2.75) is 65.2 Å². The average molecular weight is 385 g/mol. The van der Waals surface area contributed by atoms with Gasteiger partial charge in [-0.25, -0.2) is 0 Å². The van der Waals surface area contributed by atoms with E-state index in [1.165, 1.54) is 0 Å². The zero-order chi connectivity index (χ0) is 20.9. The molecule has 1 heterocycles. The quantitative estimate of drug-likeness (QED) is 0.718. The second kappa shape index (κ2) is 6.91. The summed E-state index contributed by atoms with van der Waals surface area (Å²) in [6.45, 7) is 15.2. The van der Waals surface area contributed by atoms with E-state index in [1.54, 1.807) is 7.11 Å². The van der Waals surface area contributed by atoms with Gasteiger partial charge in [-0.1, -0.05) is 60.6 Å². The molecule has 4 nitrogen and oxygen atoms in total. The Morgan fingerprint density at radius 2 is 1.39 bits per heavy atom. The second-order valence-electron chi connectivity index (χ2n) is 9.63. The molecule has 0 radical (unpaired) electrons. The first kappa shape index (κ1) is 20.4. The van der Waals surface area contributed by atoms with Crippen molar-refractivity contribution in [3.63, 3.8) is 0 Å². The van der Waals surface area contributed by atoms with Crippen LogP contribution in [0.3, 0.4) is 0 Å². The van der Waals surface area contributed by atoms with Crippen molar-refractivity contribution in [2.24, 2.45) is 0 Å². The molecule has 2 aromatic rings. The Balaban J connectivity index is 2.18. The highest BCUT2D eigenvalue weighted by atomic mass is 16.7. The standard InChI is InChI=1S/C24H32O4/c1-14(16-11-20-21(28-13-27-20)12-19(16)26-8)15-9-17(23(2,3)4)22(25)18(10-15)24(5,6)7/h9-12,14,25H,13H2,1-8H3/t14-/m1/s1. The number of fused-ring (bicyclic) bond motifs is 1. The van der Waals surface area contributed by atoms with Gasteiger partial charge in [0, 0.05) is 17.5 Å². The van der Waals surface area contributed by atoms with Crippen LogP contribution >= 0.6 is 0 Å². The highest BCUT2D eigenvalue weighted by molar-refractivity contribution is 5.57. The third-order valence-corrected chi connectivity index (χ3v) is 5.44. The number of hydrogen-bond donors (Lipinski definition) is 1. The van der Waals surface area contributed by atoms with Crippen molar-refractivity contribution >= 4 is 0 Å². The smallest absolute Gasteiger partial charge is 0.231 e. The topological polar surface area (TPSA) is 47.9 Å². The first-order valence-corrected chi connectivity index (χ1v) is 9.79. The van der Waals surface area contributed by atoms with Crippen molar-refractivity contribution in [3.05, 3.63) is 46.5 Å². The van der Waals surface area contributed by atoms with E-state index in [4.69, 9.17) is 14.2 Å². The van der Waals surface area contributed by atoms with Crippen LogP contribution in [0.25, 0.3) is 0 Å². The Kier molecular flexibility index (Phi) is 5.03. The highest BCUT2D eigenvalue weighted by Gasteiger charge is 2.29. The van der Waals surface area contributed by atoms with Crippen molar-refractivity contribution < 1.29 is 19.3 Å². The summed E-state index contributed by atoms with van der Waals surface area (Å²) in [5.74, 6) is 2.69. The Hall–Kier alpha value is -2.36. The second-order valence-corrected chi connectivity index (χ2v) is 9.63. The Bertz CT molecular complexity index is 850. The van der Waals surface area contributed by atoms with E-state index < -0.39 is 0 Å². The molecule has 0 fully saturated rings. The Morgan fingerprint density at radius 3 is 1.86 bits per heavy atom. The van der Waals surface area contributed by atoms with Crippen LogP contribution in [0.15, 0.2) is 24.3 Å². The summed E-state index contributed by atoms with van der Waals surface area (Å²) >= 11 is 0. The van der Waals surface area contributed by atoms with Crippen molar-refractivity contribution in [1.82, 2.24) is 0 Å². The molecule has 0 unspecified atom stereocenters. The first-order valence-electron chi connectivity index (χ1n) is 9.79. The highest BCUT2D eigenvalue weighted by Crippen LogP contribution is 2.45. The minimum Gasteiger partial charge on any atom is -0.507 e. The van der Waals surface area contributed by atoms with E-state index in [2.05, 4.69) is 60.6 Å². The fourth-order valence-corrected chi connectivity index (χ4v) is 3.68. The van der Waals surface area contributed by atoms with Gasteiger partial charge in [0.15, 0.2) is 11.5 Å². The van der Waals surface area contributed by atoms with E-state index in [0.29, 0.717) is 11.5 Å². The maximum absolute atomic E-state index is 11.0. The number of ether oxygens (including phenoxy) is 3. The lowest BCUT2D eigenvalue weighted by atomic mass is 9.76. The van der Waals surface area contributed by atoms with Crippen LogP contribution in [0, 0.1) is 0 Å². The molecule has 1 N–H and O–H groups in total. The van der Waals surface area contributed by atoms with Gasteiger partial charge in [-0.05, 0) is 33.6 Å². The summed E-state index contributed by atoms with van der Waals surface area (Å²) in [5.41, 5.74) is 3.77. The van der Waals surface area contributed by atoms with Crippen LogP contribution in [-0.2, 0) is 10.8 Å². The monoisotopic (exact) mass is 384 g/mol. The molecule has 1 atom stereocenters. The van der Waals surface area contributed by atoms with Gasteiger partial charge in [0.25, 0.3) is 0 Å². The van der Waals surface area contributed by atoms with Gasteiger partial charge in [-0.2, -0.15) is 0 Å². The SMILES string of the molecule is COc1cc2c(cc1[C@H](C)c1cc(C(C)(C)C)c(O)c(C(C)(C)C)c1)OCO2. The molecule has 0 bridgehead atoms. The summed E-state index contributed by atoms with van der Waals surface area (Å²) in [5, 5.41) is 11.0. The summed E-state index contributed by atoms with van der Waals surface area (Å²) in [7, 11) is 1.67. The number of phenols is 1. The number of phenolic OH excluding ortho intramolecular Hbond substituents is 1. The van der Waals surface area contributed by atoms with Gasteiger partial charge in [0.2, 0.25) is 6.79 Å². The van der Waals surface area contributed by atoms with Gasteiger partial charge >= 0.3 is 0 Å². The van der Waals surface area contributed by atoms with E-state index >= 15 is 0 Å². The maximum Gasteiger partial charge on any atom is 0.231 e. The van der Waals surface area contributed by atoms with Gasteiger partial charge < -0.3 is 19.3 Å². The molecule has 152 valence electrons. The molecule has 1 aliphatic heterocycles. The lowest BCUT2D eigenvalue weighted by Crippen LogP contribution is -2.18. The van der Waals surface area contributed by atoms with Crippen LogP contribution in [0.1, 0.15) is 76.6 Å². The molecule has 0 aromatic heterocycles. The number of benzene rings is 2. The molecule has 0 spiro atoms. The van der Waals surface area contributed by atoms with E-state index in [1.807, 2.05) is 12.1 Å². The number of rotatable bonds is 3. The van der Waals surface area contributed by atoms with Crippen molar-refractivity contribution in [2.75, 3.05) is 13.9 Å². The van der Waals surface area contributed by atoms with Gasteiger partial charge in [0.05, 0.1) is 7.11 Å². The molecule has 28 heavy (non-hydrogen) atoms. The molecule has 3 rings (SSSR count). The number of hydrogen-bond acceptors (Lipinski definition) is 4. The van der Waals surface area contributed by atoms with E-state index in [-0.39, 0.29) is 23.5 Å². The molecule has 0 aliphatic carbocycles. The first-order chi connectivity index (χ1) is 12.9. The number of aromatic hydroxyl groups is 1. The van der Waals surface area contributed by atoms with Crippen molar-refractivity contribution in [1.29, 1.82) is 0 Å². The molecule has 4 heteroatoms. The van der Waals surface area contributed by atoms with Gasteiger partial charge in [0.1, 0.15) is 11.5 Å². The summed E-state index contributed by atoms with van der Waals surface area (Å²) in [6.07, 6.45) is 0. The lowest BCUT2D eigenvalue weighted by Gasteiger charge is -2.29. The zero-order valence-corrected chi connectivity index (χ0v) is 18.3. The molecular formula is C24H32O4. The summed E-state index contributed by atoms with van der Waals surface area (Å²) in [4.78, 5) is 0. The molecule has 0 saturated carbocycles. The third kappa shape index (κ3) is 3.65. The lowest BCUT2D eigenvalue weighted by molar-refractivity contribution is 0.174. The van der Waals surface area contributed by atoms with Crippen LogP contribution in [-0.4, -0.2) is 19.0 Å². The molecule has 2 aromatic carbocycles. The van der Waals surface area contributed by atoms with Crippen molar-refractivity contribution in [3.8, 4) is 23.0 Å². The van der Waals surface area contributed by atoms with Crippen LogP contribution in [0.2, 0.25) is 0 Å². The number of methoxy groups -OCH3 is 1. The Morgan fingerprint density at radius 1 is 0.893 bits per heavy atom. The summed E-state index contributed by atoms with van der Waals surface area (Å²) in [6, 6.07) is 8.15. The van der Waals surface area contributed by atoms with Crippen LogP contribution in [0.5, 0.6) is 23.0 Å². The predicted molar refractivity (Wildman–Crippen MR) is 112 cm³/mol. The maximum atomic E-state index is 11.0. The Labute approximate surface area is 168 Å². The third-order valence-electron chi connectivity index (χ3n) is 5.44. The van der Waals surface area contributed by atoms with Crippen LogP contribution in [0.4, 0.5) is 0 Å². The minimum atomic E-state index is -0.168. The molecule has 0 saturated heterocycles. The molecule has 1 aliphatic rings. The van der Waals surface area contributed by atoms with E-state index in [0.717, 1.165) is 33.8 Å². The normalized spacial score (nSPS) is 14.9. The van der Waals surface area contributed by atoms with Crippen LogP contribution < -0.4 is 14.2 Å². The fourth-order valence-electron chi connectivity index (χ4n) is 3.68.